The number of hydrogen-bond donors (Lipinski definition) is 0. The van der Waals surface area contributed by atoms with Crippen molar-refractivity contribution >= 4 is 5.78 Å². The van der Waals surface area contributed by atoms with Gasteiger partial charge in [0.15, 0.2) is 0 Å². The van der Waals surface area contributed by atoms with E-state index in [9.17, 15) is 4.79 Å². The van der Waals surface area contributed by atoms with Crippen LogP contribution in [0.25, 0.3) is 0 Å². The summed E-state index contributed by atoms with van der Waals surface area (Å²) in [6.45, 7) is 5.82. The zero-order chi connectivity index (χ0) is 9.68. The SMILES string of the molecule is CC(C)CCC(=O)C1CCCOC1. The molecule has 1 unspecified atom stereocenters. The third kappa shape index (κ3) is 3.90. The van der Waals surface area contributed by atoms with Crippen LogP contribution in [0, 0.1) is 11.8 Å². The van der Waals surface area contributed by atoms with E-state index in [1.54, 1.807) is 0 Å². The second-order valence-corrected chi connectivity index (χ2v) is 4.31. The summed E-state index contributed by atoms with van der Waals surface area (Å²) in [5, 5.41) is 0. The molecule has 1 aliphatic heterocycles. The predicted octanol–water partition coefficient (Wildman–Crippen LogP) is 2.42. The minimum atomic E-state index is 0.201. The van der Waals surface area contributed by atoms with Crippen molar-refractivity contribution in [3.8, 4) is 0 Å². The maximum atomic E-state index is 11.6. The smallest absolute Gasteiger partial charge is 0.138 e. The summed E-state index contributed by atoms with van der Waals surface area (Å²) < 4.78 is 5.29. The van der Waals surface area contributed by atoms with E-state index >= 15 is 0 Å². The van der Waals surface area contributed by atoms with Gasteiger partial charge in [0.05, 0.1) is 6.61 Å². The molecule has 0 radical (unpaired) electrons. The Bertz CT molecular complexity index is 157. The molecule has 0 aromatic heterocycles. The van der Waals surface area contributed by atoms with Gasteiger partial charge in [0.2, 0.25) is 0 Å². The maximum absolute atomic E-state index is 11.6. The quantitative estimate of drug-likeness (QED) is 0.670. The summed E-state index contributed by atoms with van der Waals surface area (Å²) in [5.41, 5.74) is 0. The van der Waals surface area contributed by atoms with E-state index in [4.69, 9.17) is 4.74 Å². The molecular weight excluding hydrogens is 164 g/mol. The highest BCUT2D eigenvalue weighted by atomic mass is 16.5. The van der Waals surface area contributed by atoms with Crippen molar-refractivity contribution in [2.75, 3.05) is 13.2 Å². The molecule has 1 rings (SSSR count). The summed E-state index contributed by atoms with van der Waals surface area (Å²) in [6.07, 6.45) is 3.86. The number of carbonyl (C=O) groups is 1. The van der Waals surface area contributed by atoms with Gasteiger partial charge in [-0.05, 0) is 25.2 Å². The molecule has 0 aromatic rings. The van der Waals surface area contributed by atoms with Gasteiger partial charge in [-0.15, -0.1) is 0 Å². The van der Waals surface area contributed by atoms with Gasteiger partial charge < -0.3 is 4.74 Å². The van der Waals surface area contributed by atoms with Crippen molar-refractivity contribution in [2.45, 2.75) is 39.5 Å². The molecule has 1 saturated heterocycles. The molecule has 0 bridgehead atoms. The van der Waals surface area contributed by atoms with Gasteiger partial charge in [0.25, 0.3) is 0 Å². The van der Waals surface area contributed by atoms with Gasteiger partial charge in [0.1, 0.15) is 5.78 Å². The molecule has 0 saturated carbocycles. The van der Waals surface area contributed by atoms with Crippen LogP contribution in [-0.2, 0) is 9.53 Å². The van der Waals surface area contributed by atoms with Crippen LogP contribution in [0.1, 0.15) is 39.5 Å². The maximum Gasteiger partial charge on any atom is 0.138 e. The number of carbonyl (C=O) groups excluding carboxylic acids is 1. The third-order valence-electron chi connectivity index (χ3n) is 2.58. The number of ether oxygens (including phenoxy) is 1. The van der Waals surface area contributed by atoms with E-state index in [-0.39, 0.29) is 5.92 Å². The van der Waals surface area contributed by atoms with Crippen LogP contribution in [0.3, 0.4) is 0 Å². The predicted molar refractivity (Wildman–Crippen MR) is 52.6 cm³/mol. The first kappa shape index (κ1) is 10.7. The molecule has 76 valence electrons. The molecule has 0 amide bonds. The standard InChI is InChI=1S/C11H20O2/c1-9(2)5-6-11(12)10-4-3-7-13-8-10/h9-10H,3-8H2,1-2H3. The van der Waals surface area contributed by atoms with E-state index in [1.807, 2.05) is 0 Å². The van der Waals surface area contributed by atoms with Gasteiger partial charge in [-0.3, -0.25) is 4.79 Å². The normalized spacial score (nSPS) is 23.5. The van der Waals surface area contributed by atoms with E-state index < -0.39 is 0 Å². The summed E-state index contributed by atoms with van der Waals surface area (Å²) in [7, 11) is 0. The Balaban J connectivity index is 2.21. The van der Waals surface area contributed by atoms with Crippen LogP contribution in [0.2, 0.25) is 0 Å². The fourth-order valence-electron chi connectivity index (χ4n) is 1.63. The topological polar surface area (TPSA) is 26.3 Å². The molecule has 1 fully saturated rings. The van der Waals surface area contributed by atoms with Crippen LogP contribution in [-0.4, -0.2) is 19.0 Å². The largest absolute Gasteiger partial charge is 0.381 e. The first-order chi connectivity index (χ1) is 6.20. The van der Waals surface area contributed by atoms with Crippen LogP contribution in [0.15, 0.2) is 0 Å². The first-order valence-electron chi connectivity index (χ1n) is 5.30. The molecule has 1 heterocycles. The minimum absolute atomic E-state index is 0.201. The number of ketones is 1. The lowest BCUT2D eigenvalue weighted by atomic mass is 9.93. The summed E-state index contributed by atoms with van der Waals surface area (Å²) in [5.74, 6) is 1.24. The Hall–Kier alpha value is -0.370. The highest BCUT2D eigenvalue weighted by molar-refractivity contribution is 5.81. The van der Waals surface area contributed by atoms with Crippen molar-refractivity contribution < 1.29 is 9.53 Å². The van der Waals surface area contributed by atoms with Crippen molar-refractivity contribution in [3.05, 3.63) is 0 Å². The van der Waals surface area contributed by atoms with Crippen molar-refractivity contribution in [2.24, 2.45) is 11.8 Å². The lowest BCUT2D eigenvalue weighted by molar-refractivity contribution is -0.127. The number of hydrogen-bond acceptors (Lipinski definition) is 2. The first-order valence-corrected chi connectivity index (χ1v) is 5.30. The third-order valence-corrected chi connectivity index (χ3v) is 2.58. The minimum Gasteiger partial charge on any atom is -0.381 e. The Kier molecular flexibility index (Phi) is 4.43. The van der Waals surface area contributed by atoms with Crippen LogP contribution < -0.4 is 0 Å². The Morgan fingerprint density at radius 2 is 2.31 bits per heavy atom. The molecule has 2 heteroatoms. The average molecular weight is 184 g/mol. The van der Waals surface area contributed by atoms with E-state index in [0.29, 0.717) is 18.3 Å². The van der Waals surface area contributed by atoms with Gasteiger partial charge in [0, 0.05) is 18.9 Å². The zero-order valence-corrected chi connectivity index (χ0v) is 8.71. The molecule has 2 nitrogen and oxygen atoms in total. The molecule has 13 heavy (non-hydrogen) atoms. The fraction of sp³-hybridized carbons (Fsp3) is 0.909. The molecule has 0 aliphatic carbocycles. The summed E-state index contributed by atoms with van der Waals surface area (Å²) in [4.78, 5) is 11.6. The molecule has 1 atom stereocenters. The van der Waals surface area contributed by atoms with E-state index in [1.165, 1.54) is 0 Å². The monoisotopic (exact) mass is 184 g/mol. The van der Waals surface area contributed by atoms with Gasteiger partial charge in [-0.2, -0.15) is 0 Å². The van der Waals surface area contributed by atoms with Gasteiger partial charge in [-0.1, -0.05) is 13.8 Å². The van der Waals surface area contributed by atoms with Crippen molar-refractivity contribution in [1.29, 1.82) is 0 Å². The average Bonchev–Trinajstić information content (AvgIpc) is 2.15. The second kappa shape index (κ2) is 5.38. The highest BCUT2D eigenvalue weighted by Gasteiger charge is 2.21. The zero-order valence-electron chi connectivity index (χ0n) is 8.71. The second-order valence-electron chi connectivity index (χ2n) is 4.31. The Morgan fingerprint density at radius 1 is 1.54 bits per heavy atom. The molecule has 1 aliphatic rings. The van der Waals surface area contributed by atoms with Crippen LogP contribution >= 0.6 is 0 Å². The Morgan fingerprint density at radius 3 is 2.85 bits per heavy atom. The summed E-state index contributed by atoms with van der Waals surface area (Å²) in [6, 6.07) is 0. The van der Waals surface area contributed by atoms with Gasteiger partial charge in [-0.25, -0.2) is 0 Å². The number of Topliss-reactive ketones (excluding diaryl/α,β-unsaturated/α-hetero) is 1. The number of rotatable bonds is 4. The lowest BCUT2D eigenvalue weighted by Gasteiger charge is -2.21. The highest BCUT2D eigenvalue weighted by Crippen LogP contribution is 2.17. The lowest BCUT2D eigenvalue weighted by Crippen LogP contribution is -2.25. The van der Waals surface area contributed by atoms with Crippen LogP contribution in [0.4, 0.5) is 0 Å². The van der Waals surface area contributed by atoms with Crippen molar-refractivity contribution in [1.82, 2.24) is 0 Å². The molecule has 0 aromatic carbocycles. The molecule has 0 spiro atoms. The summed E-state index contributed by atoms with van der Waals surface area (Å²) >= 11 is 0. The van der Waals surface area contributed by atoms with Gasteiger partial charge >= 0.3 is 0 Å². The molecular formula is C11H20O2. The van der Waals surface area contributed by atoms with Crippen molar-refractivity contribution in [3.63, 3.8) is 0 Å². The Labute approximate surface area is 80.7 Å². The molecule has 0 N–H and O–H groups in total. The van der Waals surface area contributed by atoms with E-state index in [2.05, 4.69) is 13.8 Å². The fourth-order valence-corrected chi connectivity index (χ4v) is 1.63. The van der Waals surface area contributed by atoms with Crippen LogP contribution in [0.5, 0.6) is 0 Å². The van der Waals surface area contributed by atoms with E-state index in [0.717, 1.165) is 32.3 Å².